The van der Waals surface area contributed by atoms with Gasteiger partial charge in [0, 0.05) is 6.54 Å². The molecule has 1 aliphatic rings. The highest BCUT2D eigenvalue weighted by Gasteiger charge is 2.44. The molecule has 0 unspecified atom stereocenters. The second kappa shape index (κ2) is 5.81. The fourth-order valence-electron chi connectivity index (χ4n) is 2.21. The number of carbonyl (C=O) groups excluding carboxylic acids is 3. The lowest BCUT2D eigenvalue weighted by Gasteiger charge is -2.12. The summed E-state index contributed by atoms with van der Waals surface area (Å²) in [5, 5.41) is 1.90. The van der Waals surface area contributed by atoms with Crippen LogP contribution in [0.4, 0.5) is 4.79 Å². The first kappa shape index (κ1) is 15.2. The van der Waals surface area contributed by atoms with Crippen molar-refractivity contribution in [1.29, 1.82) is 0 Å². The molecule has 3 rings (SSSR count). The Kier molecular flexibility index (Phi) is 3.83. The summed E-state index contributed by atoms with van der Waals surface area (Å²) in [5.74, 6) is -0.782. The number of urea groups is 1. The van der Waals surface area contributed by atoms with Gasteiger partial charge in [-0.3, -0.25) is 14.5 Å². The van der Waals surface area contributed by atoms with E-state index >= 15 is 0 Å². The van der Waals surface area contributed by atoms with Crippen molar-refractivity contribution in [3.05, 3.63) is 41.6 Å². The number of carbonyl (C=O) groups is 3. The summed E-state index contributed by atoms with van der Waals surface area (Å²) in [5.41, 5.74) is 0.448. The highest BCUT2D eigenvalue weighted by Crippen LogP contribution is 2.27. The normalized spacial score (nSPS) is 14.9. The van der Waals surface area contributed by atoms with Gasteiger partial charge < -0.3 is 4.42 Å². The largest absolute Gasteiger partial charge is 0.440 e. The summed E-state index contributed by atoms with van der Waals surface area (Å²) in [4.78, 5) is 42.9. The van der Waals surface area contributed by atoms with E-state index in [4.69, 9.17) is 4.42 Å². The fraction of sp³-hybridized carbons (Fsp3) is 0.200. The van der Waals surface area contributed by atoms with Crippen molar-refractivity contribution in [2.24, 2.45) is 0 Å². The molecule has 8 heteroatoms. The number of thiophene rings is 1. The molecule has 7 nitrogen and oxygen atoms in total. The molecule has 4 amide bonds. The second-order valence-electron chi connectivity index (χ2n) is 4.88. The number of imide groups is 2. The van der Waals surface area contributed by atoms with Crippen molar-refractivity contribution in [1.82, 2.24) is 14.8 Å². The minimum Gasteiger partial charge on any atom is -0.440 e. The van der Waals surface area contributed by atoms with E-state index in [1.54, 1.807) is 6.92 Å². The Bertz CT molecular complexity index is 794. The predicted octanol–water partition coefficient (Wildman–Crippen LogP) is 2.19. The van der Waals surface area contributed by atoms with Gasteiger partial charge in [-0.1, -0.05) is 12.1 Å². The van der Waals surface area contributed by atoms with Gasteiger partial charge >= 0.3 is 17.8 Å². The lowest BCUT2D eigenvalue weighted by atomic mass is 10.3. The van der Waals surface area contributed by atoms with Crippen LogP contribution in [0.1, 0.15) is 11.5 Å². The minimum absolute atomic E-state index is 0.00184. The molecular weight excluding hydrogens is 318 g/mol. The summed E-state index contributed by atoms with van der Waals surface area (Å²) in [6.07, 6.45) is 1.39. The first-order valence-corrected chi connectivity index (χ1v) is 7.69. The number of hydrogen-bond donors (Lipinski definition) is 0. The zero-order chi connectivity index (χ0) is 16.6. The van der Waals surface area contributed by atoms with Crippen molar-refractivity contribution in [3.8, 4) is 10.8 Å². The molecule has 23 heavy (non-hydrogen) atoms. The molecule has 0 aliphatic carbocycles. The average molecular weight is 331 g/mol. The topological polar surface area (TPSA) is 83.7 Å². The van der Waals surface area contributed by atoms with E-state index in [0.717, 1.165) is 14.7 Å². The van der Waals surface area contributed by atoms with Crippen molar-refractivity contribution in [2.45, 2.75) is 13.5 Å². The maximum atomic E-state index is 12.2. The zero-order valence-corrected chi connectivity index (χ0v) is 13.1. The van der Waals surface area contributed by atoms with Crippen molar-refractivity contribution in [3.63, 3.8) is 0 Å². The van der Waals surface area contributed by atoms with Crippen LogP contribution in [0.15, 0.2) is 34.6 Å². The summed E-state index contributed by atoms with van der Waals surface area (Å²) in [6, 6.07) is 3.07. The Balaban J connectivity index is 1.85. The summed E-state index contributed by atoms with van der Waals surface area (Å²) < 4.78 is 5.58. The first-order chi connectivity index (χ1) is 11.0. The van der Waals surface area contributed by atoms with Crippen LogP contribution in [0.3, 0.4) is 0 Å². The van der Waals surface area contributed by atoms with Gasteiger partial charge in [-0.05, 0) is 18.4 Å². The molecular formula is C15H13N3O4S. The fourth-order valence-corrected chi connectivity index (χ4v) is 2.86. The predicted molar refractivity (Wildman–Crippen MR) is 82.4 cm³/mol. The summed E-state index contributed by atoms with van der Waals surface area (Å²) >= 11 is 1.47. The van der Waals surface area contributed by atoms with Crippen LogP contribution >= 0.6 is 11.3 Å². The lowest BCUT2D eigenvalue weighted by Crippen LogP contribution is -2.33. The smallest absolute Gasteiger partial charge is 0.334 e. The molecule has 0 radical (unpaired) electrons. The van der Waals surface area contributed by atoms with E-state index in [9.17, 15) is 14.4 Å². The van der Waals surface area contributed by atoms with Gasteiger partial charge in [-0.15, -0.1) is 17.9 Å². The molecule has 0 aromatic carbocycles. The highest BCUT2D eigenvalue weighted by atomic mass is 32.1. The number of aromatic nitrogens is 1. The summed E-state index contributed by atoms with van der Waals surface area (Å²) in [6.45, 7) is 5.07. The minimum atomic E-state index is -0.864. The van der Waals surface area contributed by atoms with E-state index in [-0.39, 0.29) is 13.1 Å². The maximum absolute atomic E-state index is 12.2. The van der Waals surface area contributed by atoms with Gasteiger partial charge in [-0.25, -0.2) is 14.7 Å². The third-order valence-electron chi connectivity index (χ3n) is 3.38. The molecule has 1 fully saturated rings. The van der Waals surface area contributed by atoms with Gasteiger partial charge in [0.15, 0.2) is 0 Å². The molecule has 0 saturated carbocycles. The maximum Gasteiger partial charge on any atom is 0.334 e. The lowest BCUT2D eigenvalue weighted by molar-refractivity contribution is -0.143. The van der Waals surface area contributed by atoms with E-state index in [1.807, 2.05) is 17.5 Å². The van der Waals surface area contributed by atoms with Crippen molar-refractivity contribution in [2.75, 3.05) is 6.54 Å². The molecule has 0 spiro atoms. The highest BCUT2D eigenvalue weighted by molar-refractivity contribution is 7.13. The molecule has 118 valence electrons. The molecule has 3 heterocycles. The van der Waals surface area contributed by atoms with Crippen LogP contribution in [0, 0.1) is 6.92 Å². The van der Waals surface area contributed by atoms with Crippen molar-refractivity contribution < 1.29 is 18.8 Å². The quantitative estimate of drug-likeness (QED) is 0.476. The third kappa shape index (κ3) is 2.57. The molecule has 2 aromatic heterocycles. The van der Waals surface area contributed by atoms with E-state index < -0.39 is 17.8 Å². The molecule has 0 N–H and O–H groups in total. The Hall–Kier alpha value is -2.74. The van der Waals surface area contributed by atoms with Gasteiger partial charge in [0.1, 0.15) is 11.5 Å². The van der Waals surface area contributed by atoms with Gasteiger partial charge in [0.25, 0.3) is 0 Å². The Labute approximate surface area is 135 Å². The SMILES string of the molecule is C=CCN1C(=O)C(=O)N(Cc2nc(-c3cccs3)oc2C)C1=O. The van der Waals surface area contributed by atoms with Crippen LogP contribution in [0.2, 0.25) is 0 Å². The number of amides is 4. The number of nitrogens with zero attached hydrogens (tertiary/aromatic N) is 3. The van der Waals surface area contributed by atoms with Gasteiger partial charge in [-0.2, -0.15) is 0 Å². The van der Waals surface area contributed by atoms with Crippen LogP contribution < -0.4 is 0 Å². The van der Waals surface area contributed by atoms with Gasteiger partial charge in [0.2, 0.25) is 5.89 Å². The molecule has 2 aromatic rings. The Morgan fingerprint density at radius 2 is 2.04 bits per heavy atom. The standard InChI is InChI=1S/C15H13N3O4S/c1-3-6-17-13(19)14(20)18(15(17)21)8-10-9(2)22-12(16-10)11-5-4-7-23-11/h3-5,7H,1,6,8H2,2H3. The second-order valence-corrected chi connectivity index (χ2v) is 5.83. The van der Waals surface area contributed by atoms with Gasteiger partial charge in [0.05, 0.1) is 11.4 Å². The molecule has 1 saturated heterocycles. The van der Waals surface area contributed by atoms with Crippen LogP contribution in [0.5, 0.6) is 0 Å². The number of rotatable bonds is 5. The van der Waals surface area contributed by atoms with E-state index in [2.05, 4.69) is 11.6 Å². The average Bonchev–Trinajstić information content (AvgIpc) is 3.21. The van der Waals surface area contributed by atoms with E-state index in [0.29, 0.717) is 17.3 Å². The monoisotopic (exact) mass is 331 g/mol. The molecule has 0 atom stereocenters. The number of hydrogen-bond acceptors (Lipinski definition) is 6. The zero-order valence-electron chi connectivity index (χ0n) is 12.3. The molecule has 1 aliphatic heterocycles. The molecule has 0 bridgehead atoms. The Morgan fingerprint density at radius 1 is 1.30 bits per heavy atom. The van der Waals surface area contributed by atoms with Crippen LogP contribution in [0.25, 0.3) is 10.8 Å². The Morgan fingerprint density at radius 3 is 2.70 bits per heavy atom. The summed E-state index contributed by atoms with van der Waals surface area (Å²) in [7, 11) is 0. The van der Waals surface area contributed by atoms with Crippen LogP contribution in [-0.2, 0) is 16.1 Å². The van der Waals surface area contributed by atoms with Crippen LogP contribution in [-0.4, -0.2) is 39.2 Å². The third-order valence-corrected chi connectivity index (χ3v) is 4.24. The van der Waals surface area contributed by atoms with E-state index in [1.165, 1.54) is 17.4 Å². The number of oxazole rings is 1. The first-order valence-electron chi connectivity index (χ1n) is 6.81. The number of aryl methyl sites for hydroxylation is 1. The van der Waals surface area contributed by atoms with Crippen molar-refractivity contribution >= 4 is 29.2 Å².